The maximum Gasteiger partial charge on any atom is 0.165 e. The Labute approximate surface area is 109 Å². The Morgan fingerprint density at radius 2 is 2.06 bits per heavy atom. The number of rotatable bonds is 6. The number of nitrogen functional groups attached to an aromatic ring is 1. The molecule has 1 aromatic heterocycles. The number of nitrogens with zero attached hydrogens (tertiary/aromatic N) is 2. The van der Waals surface area contributed by atoms with Gasteiger partial charge in [-0.2, -0.15) is 5.26 Å². The molecular weight excluding hydrogens is 224 g/mol. The topological polar surface area (TPSA) is 74.7 Å². The Morgan fingerprint density at radius 1 is 1.33 bits per heavy atom. The van der Waals surface area contributed by atoms with E-state index in [1.54, 1.807) is 6.07 Å². The van der Waals surface area contributed by atoms with Crippen LogP contribution in [-0.2, 0) is 0 Å². The summed E-state index contributed by atoms with van der Waals surface area (Å²) in [5.41, 5.74) is 6.34. The van der Waals surface area contributed by atoms with E-state index in [1.807, 2.05) is 12.1 Å². The molecule has 1 atom stereocenters. The maximum atomic E-state index is 8.86. The zero-order valence-corrected chi connectivity index (χ0v) is 11.4. The summed E-state index contributed by atoms with van der Waals surface area (Å²) in [6.07, 6.45) is 3.54. The lowest BCUT2D eigenvalue weighted by molar-refractivity contribution is 0.520. The maximum absolute atomic E-state index is 8.86. The standard InChI is InChI=1S/C14H22N4/c1-10(2)5-4-6-11(3)17-14-8-7-12(16)13(9-15)18-14/h7-8,10-11H,4-6,16H2,1-3H3,(H,17,18). The van der Waals surface area contributed by atoms with Crippen molar-refractivity contribution < 1.29 is 0 Å². The minimum Gasteiger partial charge on any atom is -0.396 e. The van der Waals surface area contributed by atoms with Gasteiger partial charge in [0.2, 0.25) is 0 Å². The van der Waals surface area contributed by atoms with Gasteiger partial charge in [-0.15, -0.1) is 0 Å². The van der Waals surface area contributed by atoms with Gasteiger partial charge in [-0.1, -0.05) is 26.7 Å². The summed E-state index contributed by atoms with van der Waals surface area (Å²) in [4.78, 5) is 4.18. The first-order valence-electron chi connectivity index (χ1n) is 6.46. The number of aromatic nitrogens is 1. The van der Waals surface area contributed by atoms with Crippen LogP contribution in [0, 0.1) is 17.2 Å². The molecule has 4 nitrogen and oxygen atoms in total. The Hall–Kier alpha value is -1.76. The molecule has 0 radical (unpaired) electrons. The summed E-state index contributed by atoms with van der Waals surface area (Å²) in [6.45, 7) is 6.60. The number of pyridine rings is 1. The van der Waals surface area contributed by atoms with Gasteiger partial charge in [-0.05, 0) is 31.4 Å². The third-order valence-corrected chi connectivity index (χ3v) is 2.85. The molecule has 1 rings (SSSR count). The zero-order chi connectivity index (χ0) is 13.5. The fraction of sp³-hybridized carbons (Fsp3) is 0.571. The van der Waals surface area contributed by atoms with E-state index in [9.17, 15) is 0 Å². The van der Waals surface area contributed by atoms with Crippen molar-refractivity contribution in [1.82, 2.24) is 4.98 Å². The third kappa shape index (κ3) is 4.62. The van der Waals surface area contributed by atoms with Crippen molar-refractivity contribution in [2.24, 2.45) is 5.92 Å². The van der Waals surface area contributed by atoms with E-state index in [4.69, 9.17) is 11.0 Å². The van der Waals surface area contributed by atoms with Crippen LogP contribution in [0.4, 0.5) is 11.5 Å². The molecule has 0 amide bonds. The summed E-state index contributed by atoms with van der Waals surface area (Å²) in [6, 6.07) is 5.88. The molecule has 0 bridgehead atoms. The second-order valence-electron chi connectivity index (χ2n) is 5.12. The molecule has 1 heterocycles. The van der Waals surface area contributed by atoms with Gasteiger partial charge >= 0.3 is 0 Å². The van der Waals surface area contributed by atoms with Crippen molar-refractivity contribution in [3.63, 3.8) is 0 Å². The molecule has 18 heavy (non-hydrogen) atoms. The summed E-state index contributed by atoms with van der Waals surface area (Å²) in [7, 11) is 0. The van der Waals surface area contributed by atoms with Gasteiger partial charge < -0.3 is 11.1 Å². The zero-order valence-electron chi connectivity index (χ0n) is 11.4. The molecule has 0 aliphatic rings. The van der Waals surface area contributed by atoms with Crippen molar-refractivity contribution in [1.29, 1.82) is 5.26 Å². The Balaban J connectivity index is 2.49. The van der Waals surface area contributed by atoms with E-state index in [0.717, 1.165) is 18.2 Å². The lowest BCUT2D eigenvalue weighted by Crippen LogP contribution is -2.16. The number of nitriles is 1. The van der Waals surface area contributed by atoms with Gasteiger partial charge in [0.05, 0.1) is 5.69 Å². The molecule has 0 saturated carbocycles. The third-order valence-electron chi connectivity index (χ3n) is 2.85. The largest absolute Gasteiger partial charge is 0.396 e. The van der Waals surface area contributed by atoms with Crippen LogP contribution in [0.3, 0.4) is 0 Å². The van der Waals surface area contributed by atoms with E-state index < -0.39 is 0 Å². The molecule has 0 spiro atoms. The van der Waals surface area contributed by atoms with Crippen LogP contribution in [0.15, 0.2) is 12.1 Å². The van der Waals surface area contributed by atoms with Crippen molar-refractivity contribution >= 4 is 11.5 Å². The lowest BCUT2D eigenvalue weighted by Gasteiger charge is -2.15. The summed E-state index contributed by atoms with van der Waals surface area (Å²) < 4.78 is 0. The van der Waals surface area contributed by atoms with E-state index >= 15 is 0 Å². The van der Waals surface area contributed by atoms with Gasteiger partial charge in [0.25, 0.3) is 0 Å². The highest BCUT2D eigenvalue weighted by molar-refractivity contribution is 5.54. The van der Waals surface area contributed by atoms with Crippen LogP contribution in [0.2, 0.25) is 0 Å². The molecule has 1 unspecified atom stereocenters. The fourth-order valence-electron chi connectivity index (χ4n) is 1.80. The van der Waals surface area contributed by atoms with Crippen LogP contribution in [0.5, 0.6) is 0 Å². The smallest absolute Gasteiger partial charge is 0.165 e. The normalized spacial score (nSPS) is 12.2. The molecule has 1 aromatic rings. The molecule has 0 saturated heterocycles. The Morgan fingerprint density at radius 3 is 2.67 bits per heavy atom. The molecule has 0 aliphatic heterocycles. The van der Waals surface area contributed by atoms with Gasteiger partial charge in [-0.25, -0.2) is 4.98 Å². The Bertz CT molecular complexity index is 420. The SMILES string of the molecule is CC(C)CCCC(C)Nc1ccc(N)c(C#N)n1. The van der Waals surface area contributed by atoms with Crippen LogP contribution in [-0.4, -0.2) is 11.0 Å². The van der Waals surface area contributed by atoms with E-state index in [1.165, 1.54) is 12.8 Å². The second kappa shape index (κ2) is 6.85. The number of anilines is 2. The predicted molar refractivity (Wildman–Crippen MR) is 75.1 cm³/mol. The van der Waals surface area contributed by atoms with Crippen LogP contribution in [0.1, 0.15) is 45.7 Å². The average Bonchev–Trinajstić information content (AvgIpc) is 2.31. The number of nitrogens with two attached hydrogens (primary N) is 1. The van der Waals surface area contributed by atoms with Crippen LogP contribution < -0.4 is 11.1 Å². The van der Waals surface area contributed by atoms with Crippen LogP contribution >= 0.6 is 0 Å². The van der Waals surface area contributed by atoms with Crippen molar-refractivity contribution in [2.75, 3.05) is 11.1 Å². The monoisotopic (exact) mass is 246 g/mol. The lowest BCUT2D eigenvalue weighted by atomic mass is 10.0. The van der Waals surface area contributed by atoms with E-state index in [-0.39, 0.29) is 5.69 Å². The fourth-order valence-corrected chi connectivity index (χ4v) is 1.80. The second-order valence-corrected chi connectivity index (χ2v) is 5.12. The van der Waals surface area contributed by atoms with Crippen LogP contribution in [0.25, 0.3) is 0 Å². The number of nitrogens with one attached hydrogen (secondary N) is 1. The molecule has 4 heteroatoms. The minimum absolute atomic E-state index is 0.286. The first-order chi connectivity index (χ1) is 8.52. The number of hydrogen-bond acceptors (Lipinski definition) is 4. The highest BCUT2D eigenvalue weighted by Gasteiger charge is 2.06. The van der Waals surface area contributed by atoms with Crippen molar-refractivity contribution in [3.8, 4) is 6.07 Å². The van der Waals surface area contributed by atoms with E-state index in [2.05, 4.69) is 31.1 Å². The van der Waals surface area contributed by atoms with Gasteiger partial charge in [0.15, 0.2) is 5.69 Å². The molecule has 98 valence electrons. The number of hydrogen-bond donors (Lipinski definition) is 2. The molecule has 0 aromatic carbocycles. The minimum atomic E-state index is 0.286. The highest BCUT2D eigenvalue weighted by Crippen LogP contribution is 2.15. The predicted octanol–water partition coefficient (Wildman–Crippen LogP) is 3.16. The Kier molecular flexibility index (Phi) is 5.44. The first kappa shape index (κ1) is 14.3. The molecule has 3 N–H and O–H groups in total. The average molecular weight is 246 g/mol. The van der Waals surface area contributed by atoms with Gasteiger partial charge in [0.1, 0.15) is 11.9 Å². The molecule has 0 aliphatic carbocycles. The molecular formula is C14H22N4. The van der Waals surface area contributed by atoms with Crippen molar-refractivity contribution in [2.45, 2.75) is 46.1 Å². The summed E-state index contributed by atoms with van der Waals surface area (Å²) in [5.74, 6) is 1.47. The van der Waals surface area contributed by atoms with E-state index in [0.29, 0.717) is 11.7 Å². The van der Waals surface area contributed by atoms with Gasteiger partial charge in [0, 0.05) is 6.04 Å². The van der Waals surface area contributed by atoms with Crippen molar-refractivity contribution in [3.05, 3.63) is 17.8 Å². The highest BCUT2D eigenvalue weighted by atomic mass is 15.0. The summed E-state index contributed by atoms with van der Waals surface area (Å²) in [5, 5.41) is 12.2. The molecule has 0 fully saturated rings. The first-order valence-corrected chi connectivity index (χ1v) is 6.46. The quantitative estimate of drug-likeness (QED) is 0.808. The summed E-state index contributed by atoms with van der Waals surface area (Å²) >= 11 is 0. The van der Waals surface area contributed by atoms with Gasteiger partial charge in [-0.3, -0.25) is 0 Å².